The van der Waals surface area contributed by atoms with E-state index in [-0.39, 0.29) is 25.8 Å². The summed E-state index contributed by atoms with van der Waals surface area (Å²) in [5.74, 6) is -1.21. The summed E-state index contributed by atoms with van der Waals surface area (Å²) in [6.45, 7) is 0.297. The molecule has 1 amide bonds. The van der Waals surface area contributed by atoms with Gasteiger partial charge in [0.1, 0.15) is 12.6 Å². The van der Waals surface area contributed by atoms with Crippen molar-refractivity contribution in [2.45, 2.75) is 25.3 Å². The van der Waals surface area contributed by atoms with Crippen molar-refractivity contribution in [3.63, 3.8) is 0 Å². The minimum Gasteiger partial charge on any atom is -0.480 e. The molecule has 0 spiro atoms. The number of carbonyl (C=O) groups excluding carboxylic acids is 1. The lowest BCUT2D eigenvalue weighted by atomic mass is 9.98. The highest BCUT2D eigenvalue weighted by Gasteiger charge is 2.29. The molecule has 0 bridgehead atoms. The SMILES string of the molecule is [2H]Cc1ccc(C[C@H](NC(=O)OCC2c3ccccc3-c3ccccc32)C(=O)O)cc1. The molecular weight excluding hydrogens is 378 g/mol. The molecule has 1 aliphatic rings. The number of alkyl carbamates (subject to hydrolysis) is 1. The van der Waals surface area contributed by atoms with E-state index in [9.17, 15) is 14.7 Å². The molecule has 4 rings (SSSR count). The van der Waals surface area contributed by atoms with Crippen molar-refractivity contribution < 1.29 is 20.8 Å². The number of carboxylic acid groups (broad SMARTS) is 1. The molecule has 1 aliphatic carbocycles. The molecule has 0 heterocycles. The zero-order valence-corrected chi connectivity index (χ0v) is 16.4. The molecule has 3 aromatic rings. The van der Waals surface area contributed by atoms with Gasteiger partial charge in [-0.05, 0) is 34.7 Å². The Morgan fingerprint density at radius 3 is 2.17 bits per heavy atom. The first-order chi connectivity index (χ1) is 15.1. The van der Waals surface area contributed by atoms with Crippen LogP contribution in [0.25, 0.3) is 11.1 Å². The molecule has 0 radical (unpaired) electrons. The molecule has 0 aliphatic heterocycles. The Labute approximate surface area is 176 Å². The van der Waals surface area contributed by atoms with E-state index in [0.29, 0.717) is 0 Å². The van der Waals surface area contributed by atoms with Gasteiger partial charge >= 0.3 is 12.1 Å². The zero-order chi connectivity index (χ0) is 21.8. The van der Waals surface area contributed by atoms with Crippen LogP contribution in [0.4, 0.5) is 4.79 Å². The first-order valence-corrected chi connectivity index (χ1v) is 9.78. The molecule has 3 aromatic carbocycles. The Morgan fingerprint density at radius 2 is 1.60 bits per heavy atom. The number of benzene rings is 3. The van der Waals surface area contributed by atoms with E-state index in [1.165, 1.54) is 0 Å². The molecule has 0 saturated heterocycles. The van der Waals surface area contributed by atoms with Gasteiger partial charge in [-0.25, -0.2) is 9.59 Å². The summed E-state index contributed by atoms with van der Waals surface area (Å²) in [7, 11) is 0. The van der Waals surface area contributed by atoms with Crippen LogP contribution in [0.2, 0.25) is 0 Å². The second-order valence-electron chi connectivity index (χ2n) is 7.38. The van der Waals surface area contributed by atoms with Gasteiger partial charge in [-0.3, -0.25) is 0 Å². The van der Waals surface area contributed by atoms with Gasteiger partial charge in [0.2, 0.25) is 0 Å². The van der Waals surface area contributed by atoms with Crippen LogP contribution in [0.3, 0.4) is 0 Å². The number of carbonyl (C=O) groups is 2. The van der Waals surface area contributed by atoms with E-state index in [0.717, 1.165) is 33.4 Å². The van der Waals surface area contributed by atoms with E-state index < -0.39 is 18.1 Å². The number of aliphatic carboxylic acids is 1. The van der Waals surface area contributed by atoms with Gasteiger partial charge < -0.3 is 15.2 Å². The second kappa shape index (κ2) is 8.41. The first-order valence-electron chi connectivity index (χ1n) is 10.5. The van der Waals surface area contributed by atoms with E-state index in [1.807, 2.05) is 36.4 Å². The molecule has 152 valence electrons. The van der Waals surface area contributed by atoms with Crippen molar-refractivity contribution in [2.75, 3.05) is 6.61 Å². The third kappa shape index (κ3) is 4.06. The number of fused-ring (bicyclic) bond motifs is 3. The quantitative estimate of drug-likeness (QED) is 0.635. The predicted molar refractivity (Wildman–Crippen MR) is 115 cm³/mol. The number of rotatable bonds is 6. The lowest BCUT2D eigenvalue weighted by Gasteiger charge is -2.17. The number of amides is 1. The Bertz CT molecular complexity index is 1050. The molecular formula is C25H23NO4. The lowest BCUT2D eigenvalue weighted by molar-refractivity contribution is -0.139. The summed E-state index contributed by atoms with van der Waals surface area (Å²) in [4.78, 5) is 24.1. The number of nitrogens with one attached hydrogen (secondary N) is 1. The fourth-order valence-electron chi connectivity index (χ4n) is 3.89. The normalized spacial score (nSPS) is 13.7. The van der Waals surface area contributed by atoms with Crippen molar-refractivity contribution in [1.82, 2.24) is 5.32 Å². The predicted octanol–water partition coefficient (Wildman–Crippen LogP) is 4.53. The molecule has 0 saturated carbocycles. The smallest absolute Gasteiger partial charge is 0.407 e. The molecule has 30 heavy (non-hydrogen) atoms. The standard InChI is InChI=1S/C25H23NO4/c1-16-10-12-17(13-11-16)14-23(24(27)28)26-25(29)30-15-22-20-8-4-2-6-18(20)19-7-3-5-9-21(19)22/h2-13,22-23H,14-15H2,1H3,(H,26,29)(H,27,28)/t23-/m0/s1/i1D. The van der Waals surface area contributed by atoms with Crippen LogP contribution in [-0.2, 0) is 16.0 Å². The van der Waals surface area contributed by atoms with Crippen LogP contribution in [0, 0.1) is 6.90 Å². The van der Waals surface area contributed by atoms with Crippen molar-refractivity contribution in [3.05, 3.63) is 95.1 Å². The van der Waals surface area contributed by atoms with Crippen LogP contribution in [0.5, 0.6) is 0 Å². The summed E-state index contributed by atoms with van der Waals surface area (Å²) in [5, 5.41) is 12.0. The topological polar surface area (TPSA) is 75.6 Å². The van der Waals surface area contributed by atoms with Crippen molar-refractivity contribution in [1.29, 1.82) is 0 Å². The van der Waals surface area contributed by atoms with E-state index >= 15 is 0 Å². The highest BCUT2D eigenvalue weighted by atomic mass is 16.5. The monoisotopic (exact) mass is 402 g/mol. The Kier molecular flexibility index (Phi) is 5.17. The maximum atomic E-state index is 12.4. The first kappa shape index (κ1) is 18.4. The summed E-state index contributed by atoms with van der Waals surface area (Å²) in [6, 6.07) is 22.1. The van der Waals surface area contributed by atoms with Crippen LogP contribution in [0.15, 0.2) is 72.8 Å². The number of aryl methyl sites for hydroxylation is 1. The minimum atomic E-state index is -1.13. The molecule has 5 heteroatoms. The van der Waals surface area contributed by atoms with E-state index in [2.05, 4.69) is 17.4 Å². The van der Waals surface area contributed by atoms with Crippen molar-refractivity contribution >= 4 is 12.1 Å². The Balaban J connectivity index is 1.41. The Hall–Kier alpha value is -3.60. The molecule has 2 N–H and O–H groups in total. The van der Waals surface area contributed by atoms with Gasteiger partial charge in [-0.15, -0.1) is 0 Å². The van der Waals surface area contributed by atoms with E-state index in [1.54, 1.807) is 24.3 Å². The lowest BCUT2D eigenvalue weighted by Crippen LogP contribution is -2.42. The number of carboxylic acids is 1. The average molecular weight is 402 g/mol. The maximum Gasteiger partial charge on any atom is 0.407 e. The molecule has 0 aromatic heterocycles. The van der Waals surface area contributed by atoms with Gasteiger partial charge in [-0.2, -0.15) is 0 Å². The summed E-state index contributed by atoms with van der Waals surface area (Å²) < 4.78 is 12.8. The number of ether oxygens (including phenoxy) is 1. The second-order valence-corrected chi connectivity index (χ2v) is 7.38. The molecule has 5 nitrogen and oxygen atoms in total. The molecule has 0 unspecified atom stereocenters. The van der Waals surface area contributed by atoms with E-state index in [4.69, 9.17) is 6.11 Å². The zero-order valence-electron chi connectivity index (χ0n) is 17.4. The highest BCUT2D eigenvalue weighted by molar-refractivity contribution is 5.81. The Morgan fingerprint density at radius 1 is 1.00 bits per heavy atom. The summed E-state index contributed by atoms with van der Waals surface area (Å²) >= 11 is 0. The number of hydrogen-bond donors (Lipinski definition) is 2. The highest BCUT2D eigenvalue weighted by Crippen LogP contribution is 2.44. The van der Waals surface area contributed by atoms with Crippen molar-refractivity contribution in [2.24, 2.45) is 0 Å². The average Bonchev–Trinajstić information content (AvgIpc) is 3.11. The molecule has 1 atom stereocenters. The summed E-state index contributed by atoms with van der Waals surface area (Å²) in [5.41, 5.74) is 6.07. The third-order valence-electron chi connectivity index (χ3n) is 5.40. The largest absolute Gasteiger partial charge is 0.480 e. The van der Waals surface area contributed by atoms with Crippen LogP contribution in [-0.4, -0.2) is 29.8 Å². The molecule has 0 fully saturated rings. The van der Waals surface area contributed by atoms with Gasteiger partial charge in [0.15, 0.2) is 0 Å². The van der Waals surface area contributed by atoms with Crippen LogP contribution in [0.1, 0.15) is 29.5 Å². The van der Waals surface area contributed by atoms with Gasteiger partial charge in [0, 0.05) is 13.7 Å². The number of hydrogen-bond acceptors (Lipinski definition) is 3. The van der Waals surface area contributed by atoms with Gasteiger partial charge in [0.25, 0.3) is 0 Å². The van der Waals surface area contributed by atoms with Gasteiger partial charge in [0.05, 0.1) is 0 Å². The fraction of sp³-hybridized carbons (Fsp3) is 0.200. The fourth-order valence-corrected chi connectivity index (χ4v) is 3.89. The van der Waals surface area contributed by atoms with Gasteiger partial charge in [-0.1, -0.05) is 78.4 Å². The minimum absolute atomic E-state index is 0.0844. The third-order valence-corrected chi connectivity index (χ3v) is 5.40. The van der Waals surface area contributed by atoms with Crippen molar-refractivity contribution in [3.8, 4) is 11.1 Å². The van der Waals surface area contributed by atoms with Crippen LogP contribution < -0.4 is 5.32 Å². The maximum absolute atomic E-state index is 12.4. The summed E-state index contributed by atoms with van der Waals surface area (Å²) in [6.07, 6.45) is -0.616. The van der Waals surface area contributed by atoms with Crippen LogP contribution >= 0.6 is 0 Å².